The van der Waals surface area contributed by atoms with Gasteiger partial charge in [0.2, 0.25) is 0 Å². The Morgan fingerprint density at radius 1 is 1.14 bits per heavy atom. The summed E-state index contributed by atoms with van der Waals surface area (Å²) in [4.78, 5) is 26.9. The van der Waals surface area contributed by atoms with Gasteiger partial charge in [-0.1, -0.05) is 0 Å². The molecule has 1 amide bonds. The summed E-state index contributed by atoms with van der Waals surface area (Å²) in [5.41, 5.74) is 0.691. The molecule has 0 aliphatic heterocycles. The van der Waals surface area contributed by atoms with Crippen LogP contribution in [0.4, 0.5) is 0 Å². The van der Waals surface area contributed by atoms with Gasteiger partial charge >= 0.3 is 183 Å². The molecule has 0 heterocycles. The van der Waals surface area contributed by atoms with E-state index < -0.39 is 0 Å². The first kappa shape index (κ1) is 22.6. The van der Waals surface area contributed by atoms with Crippen molar-refractivity contribution in [3.8, 4) is 0 Å². The number of Topliss-reactive ketones (excluding diaryl/α,β-unsaturated/α-hetero) is 1. The minimum absolute atomic E-state index is 0.0208. The molecule has 1 aromatic rings. The zero-order chi connectivity index (χ0) is 21.2. The molecule has 0 saturated heterocycles. The van der Waals surface area contributed by atoms with Gasteiger partial charge in [-0.15, -0.1) is 0 Å². The van der Waals surface area contributed by atoms with Crippen molar-refractivity contribution < 1.29 is 9.59 Å². The second kappa shape index (κ2) is 8.94. The molecule has 3 rings (SSSR count). The van der Waals surface area contributed by atoms with Crippen LogP contribution in [0.1, 0.15) is 83.5 Å². The van der Waals surface area contributed by atoms with Crippen molar-refractivity contribution in [3.63, 3.8) is 0 Å². The Kier molecular flexibility index (Phi) is 6.95. The first-order chi connectivity index (χ1) is 13.8. The number of hydrogen-bond donors (Lipinski definition) is 1. The van der Waals surface area contributed by atoms with Crippen LogP contribution in [-0.2, 0) is 4.79 Å². The zero-order valence-electron chi connectivity index (χ0n) is 18.7. The van der Waals surface area contributed by atoms with Gasteiger partial charge in [0.15, 0.2) is 0 Å². The molecule has 3 nitrogen and oxygen atoms in total. The molecular formula is C25H37NO2Se. The zero-order valence-corrected chi connectivity index (χ0v) is 20.4. The van der Waals surface area contributed by atoms with Crippen molar-refractivity contribution in [2.75, 3.05) is 0 Å². The van der Waals surface area contributed by atoms with Crippen LogP contribution in [0.3, 0.4) is 0 Å². The Labute approximate surface area is 183 Å². The van der Waals surface area contributed by atoms with Crippen LogP contribution >= 0.6 is 0 Å². The van der Waals surface area contributed by atoms with Crippen molar-refractivity contribution in [2.24, 2.45) is 16.7 Å². The topological polar surface area (TPSA) is 46.2 Å². The second-order valence-electron chi connectivity index (χ2n) is 9.68. The number of benzene rings is 1. The standard InChI is InChI=1S/C25H37NO2Se/c1-6-11-19(26-23(28)17-13-9-8-10-14-17)20(12-7-2)29-21-18-15-16-25(5,22(21)27)24(18,3)4/h8-10,13-14,18-21H,6-7,11-12,15-16H2,1-5H3,(H,26,28)/t18-,19?,20?,21+,25+/m1/s1. The fourth-order valence-electron chi connectivity index (χ4n) is 5.50. The number of carbonyl (C=O) groups is 2. The summed E-state index contributed by atoms with van der Waals surface area (Å²) in [5, 5.41) is 3.35. The van der Waals surface area contributed by atoms with Gasteiger partial charge < -0.3 is 0 Å². The number of ketones is 1. The van der Waals surface area contributed by atoms with Crippen LogP contribution < -0.4 is 5.32 Å². The van der Waals surface area contributed by atoms with Crippen molar-refractivity contribution in [1.82, 2.24) is 5.32 Å². The Balaban J connectivity index is 1.78. The molecule has 29 heavy (non-hydrogen) atoms. The van der Waals surface area contributed by atoms with Crippen molar-refractivity contribution in [1.29, 1.82) is 0 Å². The van der Waals surface area contributed by atoms with Gasteiger partial charge in [0.25, 0.3) is 0 Å². The number of carbonyl (C=O) groups excluding carboxylic acids is 2. The van der Waals surface area contributed by atoms with Gasteiger partial charge in [-0.25, -0.2) is 0 Å². The third kappa shape index (κ3) is 4.08. The molecule has 2 aliphatic rings. The van der Waals surface area contributed by atoms with Crippen LogP contribution in [0.15, 0.2) is 30.3 Å². The van der Waals surface area contributed by atoms with Crippen LogP contribution in [0.5, 0.6) is 0 Å². The monoisotopic (exact) mass is 463 g/mol. The van der Waals surface area contributed by atoms with E-state index in [9.17, 15) is 9.59 Å². The van der Waals surface area contributed by atoms with E-state index >= 15 is 0 Å². The molecule has 1 N–H and O–H groups in total. The summed E-state index contributed by atoms with van der Waals surface area (Å²) in [7, 11) is 0. The summed E-state index contributed by atoms with van der Waals surface area (Å²) < 4.78 is 0. The molecule has 2 bridgehead atoms. The molecule has 2 fully saturated rings. The second-order valence-corrected chi connectivity index (χ2v) is 12.6. The van der Waals surface area contributed by atoms with E-state index in [1.54, 1.807) is 0 Å². The van der Waals surface area contributed by atoms with E-state index in [-0.39, 0.29) is 42.6 Å². The van der Waals surface area contributed by atoms with E-state index in [2.05, 4.69) is 39.9 Å². The van der Waals surface area contributed by atoms with Gasteiger partial charge in [-0.05, 0) is 0 Å². The fraction of sp³-hybridized carbons (Fsp3) is 0.680. The number of rotatable bonds is 9. The van der Waals surface area contributed by atoms with Gasteiger partial charge in [-0.3, -0.25) is 0 Å². The predicted octanol–water partition coefficient (Wildman–Crippen LogP) is 5.69. The number of amides is 1. The van der Waals surface area contributed by atoms with E-state index in [1.807, 2.05) is 30.3 Å². The predicted molar refractivity (Wildman–Crippen MR) is 120 cm³/mol. The fourth-order valence-corrected chi connectivity index (χ4v) is 10.1. The molecule has 2 aliphatic carbocycles. The van der Waals surface area contributed by atoms with Crippen LogP contribution in [0.25, 0.3) is 0 Å². The first-order valence-corrected chi connectivity index (χ1v) is 13.3. The van der Waals surface area contributed by atoms with Crippen LogP contribution in [-0.4, -0.2) is 32.7 Å². The van der Waals surface area contributed by atoms with Crippen molar-refractivity contribution in [2.45, 2.75) is 88.8 Å². The molecular weight excluding hydrogens is 425 g/mol. The van der Waals surface area contributed by atoms with Crippen molar-refractivity contribution >= 4 is 26.6 Å². The van der Waals surface area contributed by atoms with Crippen LogP contribution in [0.2, 0.25) is 9.63 Å². The summed E-state index contributed by atoms with van der Waals surface area (Å²) in [6.07, 6.45) is 6.46. The Hall–Kier alpha value is -1.12. The Morgan fingerprint density at radius 2 is 1.79 bits per heavy atom. The summed E-state index contributed by atoms with van der Waals surface area (Å²) >= 11 is 0.219. The first-order valence-electron chi connectivity index (χ1n) is 11.3. The Bertz CT molecular complexity index is 732. The van der Waals surface area contributed by atoms with Crippen molar-refractivity contribution in [3.05, 3.63) is 35.9 Å². The maximum atomic E-state index is 13.4. The molecule has 5 atom stereocenters. The summed E-state index contributed by atoms with van der Waals surface area (Å²) in [5.74, 6) is 1.06. The molecule has 2 saturated carbocycles. The maximum absolute atomic E-state index is 13.4. The van der Waals surface area contributed by atoms with E-state index in [4.69, 9.17) is 0 Å². The van der Waals surface area contributed by atoms with Gasteiger partial charge in [0.1, 0.15) is 0 Å². The van der Waals surface area contributed by atoms with E-state index in [0.29, 0.717) is 16.5 Å². The molecule has 0 aromatic heterocycles. The van der Waals surface area contributed by atoms with Gasteiger partial charge in [0, 0.05) is 0 Å². The molecule has 0 spiro atoms. The summed E-state index contributed by atoms with van der Waals surface area (Å²) in [6.45, 7) is 11.2. The average molecular weight is 463 g/mol. The number of nitrogens with one attached hydrogen (secondary N) is 1. The minimum atomic E-state index is -0.144. The molecule has 1 aromatic carbocycles. The third-order valence-electron chi connectivity index (χ3n) is 7.77. The molecule has 160 valence electrons. The summed E-state index contributed by atoms with van der Waals surface area (Å²) in [6, 6.07) is 9.67. The SMILES string of the molecule is CCCC(NC(=O)c1ccccc1)C(CCC)[Se][C@@H]1C(=O)[C@]2(C)CC[C@H]1C2(C)C. The number of hydrogen-bond acceptors (Lipinski definition) is 2. The number of fused-ring (bicyclic) bond motifs is 2. The van der Waals surface area contributed by atoms with Gasteiger partial charge in [0.05, 0.1) is 0 Å². The third-order valence-corrected chi connectivity index (χ3v) is 11.4. The molecule has 4 heteroatoms. The molecule has 2 unspecified atom stereocenters. The van der Waals surface area contributed by atoms with Gasteiger partial charge in [-0.2, -0.15) is 0 Å². The van der Waals surface area contributed by atoms with Crippen LogP contribution in [0, 0.1) is 16.7 Å². The van der Waals surface area contributed by atoms with E-state index in [0.717, 1.165) is 37.7 Å². The van der Waals surface area contributed by atoms with E-state index in [1.165, 1.54) is 6.42 Å². The Morgan fingerprint density at radius 3 is 2.34 bits per heavy atom. The quantitative estimate of drug-likeness (QED) is 0.479. The normalized spacial score (nSPS) is 29.6. The average Bonchev–Trinajstić information content (AvgIpc) is 3.01. The molecule has 0 radical (unpaired) electrons.